The number of alkyl halides is 2. The summed E-state index contributed by atoms with van der Waals surface area (Å²) >= 11 is 1.23. The van der Waals surface area contributed by atoms with Crippen molar-refractivity contribution in [3.05, 3.63) is 36.2 Å². The molecule has 6 atom stereocenters. The molecule has 10 heteroatoms. The minimum absolute atomic E-state index is 0.0686. The van der Waals surface area contributed by atoms with Crippen LogP contribution in [0.4, 0.5) is 8.78 Å². The zero-order valence-electron chi connectivity index (χ0n) is 16.9. The molecule has 0 amide bonds. The molecule has 2 aliphatic heterocycles. The third-order valence-corrected chi connectivity index (χ3v) is 7.79. The van der Waals surface area contributed by atoms with Crippen LogP contribution in [0.15, 0.2) is 30.5 Å². The number of rotatable bonds is 4. The molecule has 1 aromatic carbocycles. The van der Waals surface area contributed by atoms with E-state index in [1.54, 1.807) is 16.8 Å². The molecule has 3 fully saturated rings. The first kappa shape index (κ1) is 19.1. The smallest absolute Gasteiger partial charge is 0.294 e. The fourth-order valence-electron chi connectivity index (χ4n) is 5.33. The minimum Gasteiger partial charge on any atom is -0.507 e. The van der Waals surface area contributed by atoms with Crippen LogP contribution in [0.2, 0.25) is 0 Å². The summed E-state index contributed by atoms with van der Waals surface area (Å²) in [7, 11) is 1.87. The number of hydrogen-bond donors (Lipinski definition) is 1. The quantitative estimate of drug-likeness (QED) is 0.664. The molecule has 3 aromatic rings. The number of piperidine rings is 2. The maximum atomic E-state index is 14.9. The minimum atomic E-state index is -1.72. The number of aromatic nitrogens is 4. The first-order chi connectivity index (χ1) is 14.9. The molecule has 1 saturated carbocycles. The SMILES string of the molecule is Cc1ccn(-c2ccc(-c3nnc(OC4CC5C6C(F)C6(F)C(C4)N5C)s3)c(O)c2)n1. The third kappa shape index (κ3) is 2.74. The number of aryl methyl sites for hydroxylation is 1. The van der Waals surface area contributed by atoms with Gasteiger partial charge in [0.25, 0.3) is 5.19 Å². The highest BCUT2D eigenvalue weighted by Crippen LogP contribution is 2.65. The van der Waals surface area contributed by atoms with Crippen molar-refractivity contribution in [1.29, 1.82) is 0 Å². The van der Waals surface area contributed by atoms with Gasteiger partial charge in [0, 0.05) is 37.1 Å². The standard InChI is InChI=1S/C21H21F2N5O2S/c1-10-5-6-28(26-10)11-3-4-13(15(29)7-11)19-24-25-20(31-19)30-12-8-14-17-18(22)21(17,23)16(9-12)27(14)2/h3-7,12,14,16-18,29H,8-9H2,1-2H3. The van der Waals surface area contributed by atoms with Crippen LogP contribution < -0.4 is 4.74 Å². The zero-order valence-corrected chi connectivity index (χ0v) is 17.8. The van der Waals surface area contributed by atoms with Crippen molar-refractivity contribution in [2.75, 3.05) is 7.05 Å². The molecule has 7 nitrogen and oxygen atoms in total. The Kier molecular flexibility index (Phi) is 3.98. The van der Waals surface area contributed by atoms with Crippen molar-refractivity contribution >= 4 is 11.3 Å². The Hall–Kier alpha value is -2.59. The highest BCUT2D eigenvalue weighted by molar-refractivity contribution is 7.16. The van der Waals surface area contributed by atoms with Gasteiger partial charge in [-0.15, -0.1) is 5.10 Å². The van der Waals surface area contributed by atoms with Crippen LogP contribution >= 0.6 is 11.3 Å². The van der Waals surface area contributed by atoms with E-state index in [1.807, 2.05) is 37.2 Å². The van der Waals surface area contributed by atoms with Gasteiger partial charge in [-0.1, -0.05) is 16.4 Å². The number of hydrogen-bond acceptors (Lipinski definition) is 7. The van der Waals surface area contributed by atoms with E-state index >= 15 is 0 Å². The molecule has 2 saturated heterocycles. The van der Waals surface area contributed by atoms with E-state index in [1.165, 1.54) is 11.3 Å². The summed E-state index contributed by atoms with van der Waals surface area (Å²) in [6.45, 7) is 1.90. The molecule has 2 bridgehead atoms. The molecule has 6 rings (SSSR count). The first-order valence-electron chi connectivity index (χ1n) is 10.3. The summed E-state index contributed by atoms with van der Waals surface area (Å²) in [6, 6.07) is 6.53. The van der Waals surface area contributed by atoms with Gasteiger partial charge in [-0.3, -0.25) is 4.90 Å². The summed E-state index contributed by atoms with van der Waals surface area (Å²) in [4.78, 5) is 1.97. The van der Waals surface area contributed by atoms with Gasteiger partial charge in [0.2, 0.25) is 0 Å². The Balaban J connectivity index is 1.18. The Morgan fingerprint density at radius 3 is 2.81 bits per heavy atom. The van der Waals surface area contributed by atoms with Gasteiger partial charge in [0.15, 0.2) is 10.7 Å². The molecule has 162 valence electrons. The van der Waals surface area contributed by atoms with Crippen LogP contribution in [-0.2, 0) is 0 Å². The third-order valence-electron chi connectivity index (χ3n) is 6.94. The Morgan fingerprint density at radius 2 is 2.10 bits per heavy atom. The number of phenols is 1. The Labute approximate surface area is 181 Å². The number of fused-ring (bicyclic) bond motifs is 5. The van der Waals surface area contributed by atoms with E-state index in [0.717, 1.165) is 11.4 Å². The van der Waals surface area contributed by atoms with E-state index in [9.17, 15) is 13.9 Å². The van der Waals surface area contributed by atoms with Gasteiger partial charge in [-0.2, -0.15) is 5.10 Å². The van der Waals surface area contributed by atoms with Crippen LogP contribution in [0.25, 0.3) is 16.3 Å². The van der Waals surface area contributed by atoms with E-state index < -0.39 is 23.8 Å². The second-order valence-corrected chi connectivity index (χ2v) is 9.63. The van der Waals surface area contributed by atoms with E-state index in [4.69, 9.17) is 4.74 Å². The predicted molar refractivity (Wildman–Crippen MR) is 110 cm³/mol. The van der Waals surface area contributed by atoms with Crippen molar-refractivity contribution in [1.82, 2.24) is 24.9 Å². The molecule has 1 N–H and O–H groups in total. The Morgan fingerprint density at radius 1 is 1.26 bits per heavy atom. The fourth-order valence-corrected chi connectivity index (χ4v) is 6.13. The van der Waals surface area contributed by atoms with Crippen LogP contribution in [0, 0.1) is 12.8 Å². The van der Waals surface area contributed by atoms with E-state index in [2.05, 4.69) is 15.3 Å². The topological polar surface area (TPSA) is 76.3 Å². The van der Waals surface area contributed by atoms with Crippen LogP contribution in [-0.4, -0.2) is 67.1 Å². The monoisotopic (exact) mass is 445 g/mol. The number of halogens is 2. The molecule has 4 heterocycles. The lowest BCUT2D eigenvalue weighted by molar-refractivity contribution is 0.0127. The predicted octanol–water partition coefficient (Wildman–Crippen LogP) is 3.30. The van der Waals surface area contributed by atoms with Crippen LogP contribution in [0.1, 0.15) is 18.5 Å². The highest BCUT2D eigenvalue weighted by Gasteiger charge is 2.81. The lowest BCUT2D eigenvalue weighted by Crippen LogP contribution is -2.50. The molecule has 3 aliphatic rings. The lowest BCUT2D eigenvalue weighted by Gasteiger charge is -2.39. The van der Waals surface area contributed by atoms with Gasteiger partial charge in [-0.05, 0) is 32.2 Å². The summed E-state index contributed by atoms with van der Waals surface area (Å²) in [5.74, 6) is -0.464. The summed E-state index contributed by atoms with van der Waals surface area (Å²) in [6.07, 6.45) is 1.26. The van der Waals surface area contributed by atoms with Crippen molar-refractivity contribution in [2.24, 2.45) is 5.92 Å². The number of phenolic OH excluding ortho intramolecular Hbond substituents is 1. The molecular formula is C21H21F2N5O2S. The molecular weight excluding hydrogens is 424 g/mol. The van der Waals surface area contributed by atoms with Crippen LogP contribution in [0.5, 0.6) is 10.9 Å². The number of nitrogens with zero attached hydrogens (tertiary/aromatic N) is 5. The largest absolute Gasteiger partial charge is 0.507 e. The molecule has 0 spiro atoms. The van der Waals surface area contributed by atoms with Gasteiger partial charge in [0.1, 0.15) is 18.0 Å². The van der Waals surface area contributed by atoms with Crippen molar-refractivity contribution in [2.45, 2.75) is 49.8 Å². The summed E-state index contributed by atoms with van der Waals surface area (Å²) < 4.78 is 36.5. The van der Waals surface area contributed by atoms with Gasteiger partial charge in [0.05, 0.1) is 23.0 Å². The molecule has 2 aromatic heterocycles. The zero-order chi connectivity index (χ0) is 21.5. The van der Waals surface area contributed by atoms with E-state index in [0.29, 0.717) is 28.6 Å². The average Bonchev–Trinajstić information content (AvgIpc) is 3.12. The van der Waals surface area contributed by atoms with Crippen molar-refractivity contribution in [3.8, 4) is 27.2 Å². The second-order valence-electron chi connectivity index (χ2n) is 8.69. The van der Waals surface area contributed by atoms with Crippen molar-refractivity contribution in [3.63, 3.8) is 0 Å². The lowest BCUT2D eigenvalue weighted by atomic mass is 9.95. The summed E-state index contributed by atoms with van der Waals surface area (Å²) in [5.41, 5.74) is 0.453. The van der Waals surface area contributed by atoms with Crippen molar-refractivity contribution < 1.29 is 18.6 Å². The van der Waals surface area contributed by atoms with Gasteiger partial charge < -0.3 is 9.84 Å². The number of ether oxygens (including phenoxy) is 1. The number of aromatic hydroxyl groups is 1. The maximum absolute atomic E-state index is 14.9. The number of benzene rings is 1. The fraction of sp³-hybridized carbons (Fsp3) is 0.476. The maximum Gasteiger partial charge on any atom is 0.294 e. The first-order valence-corrected chi connectivity index (χ1v) is 11.1. The van der Waals surface area contributed by atoms with Gasteiger partial charge in [-0.25, -0.2) is 13.5 Å². The normalized spacial score (nSPS) is 34.0. The Bertz CT molecular complexity index is 1170. The van der Waals surface area contributed by atoms with E-state index in [-0.39, 0.29) is 17.9 Å². The highest BCUT2D eigenvalue weighted by atomic mass is 32.1. The molecule has 6 unspecified atom stereocenters. The van der Waals surface area contributed by atoms with Crippen LogP contribution in [0.3, 0.4) is 0 Å². The molecule has 0 radical (unpaired) electrons. The van der Waals surface area contributed by atoms with Gasteiger partial charge >= 0.3 is 0 Å². The summed E-state index contributed by atoms with van der Waals surface area (Å²) in [5, 5.41) is 24.0. The molecule has 1 aliphatic carbocycles. The average molecular weight is 445 g/mol. The molecule has 31 heavy (non-hydrogen) atoms. The second kappa shape index (κ2) is 6.46.